The van der Waals surface area contributed by atoms with Gasteiger partial charge < -0.3 is 9.52 Å². The van der Waals surface area contributed by atoms with Gasteiger partial charge in [-0.3, -0.25) is 0 Å². The summed E-state index contributed by atoms with van der Waals surface area (Å²) in [6, 6.07) is 1.05. The summed E-state index contributed by atoms with van der Waals surface area (Å²) in [7, 11) is -3.73. The number of carboxylic acid groups (broad SMARTS) is 1. The fourth-order valence-electron chi connectivity index (χ4n) is 2.39. The van der Waals surface area contributed by atoms with Crippen LogP contribution in [-0.2, 0) is 10.0 Å². The molecular formula is C13H18BrNO5S. The number of sulfonamides is 1. The monoisotopic (exact) mass is 379 g/mol. The largest absolute Gasteiger partial charge is 0.475 e. The minimum absolute atomic E-state index is 0.0660. The van der Waals surface area contributed by atoms with Gasteiger partial charge >= 0.3 is 5.97 Å². The summed E-state index contributed by atoms with van der Waals surface area (Å²) in [4.78, 5) is 10.7. The Hall–Kier alpha value is -0.860. The van der Waals surface area contributed by atoms with E-state index in [1.165, 1.54) is 4.31 Å². The number of hydrogen-bond acceptors (Lipinski definition) is 4. The maximum atomic E-state index is 12.6. The Labute approximate surface area is 132 Å². The predicted molar refractivity (Wildman–Crippen MR) is 79.8 cm³/mol. The Morgan fingerprint density at radius 2 is 2.05 bits per heavy atom. The van der Waals surface area contributed by atoms with Crippen molar-refractivity contribution in [3.63, 3.8) is 0 Å². The average Bonchev–Trinajstić information content (AvgIpc) is 2.82. The van der Waals surface area contributed by atoms with Gasteiger partial charge in [-0.25, -0.2) is 13.2 Å². The van der Waals surface area contributed by atoms with Gasteiger partial charge in [-0.2, -0.15) is 4.31 Å². The number of halogens is 1. The van der Waals surface area contributed by atoms with Gasteiger partial charge in [-0.05, 0) is 34.2 Å². The van der Waals surface area contributed by atoms with Crippen LogP contribution in [0.2, 0.25) is 0 Å². The van der Waals surface area contributed by atoms with Crippen LogP contribution in [-0.4, -0.2) is 36.9 Å². The van der Waals surface area contributed by atoms with Gasteiger partial charge in [0.1, 0.15) is 4.90 Å². The third kappa shape index (κ3) is 3.17. The van der Waals surface area contributed by atoms with Crippen LogP contribution in [0.5, 0.6) is 0 Å². The Morgan fingerprint density at radius 3 is 2.48 bits per heavy atom. The first-order valence-corrected chi connectivity index (χ1v) is 8.96. The zero-order valence-electron chi connectivity index (χ0n) is 11.9. The van der Waals surface area contributed by atoms with E-state index >= 15 is 0 Å². The Morgan fingerprint density at radius 1 is 1.48 bits per heavy atom. The highest BCUT2D eigenvalue weighted by molar-refractivity contribution is 9.10. The van der Waals surface area contributed by atoms with Gasteiger partial charge in [0, 0.05) is 19.2 Å². The Bertz CT molecular complexity index is 644. The molecule has 0 bridgehead atoms. The van der Waals surface area contributed by atoms with Crippen molar-refractivity contribution in [2.24, 2.45) is 5.41 Å². The minimum Gasteiger partial charge on any atom is -0.475 e. The lowest BCUT2D eigenvalue weighted by molar-refractivity contribution is 0.0661. The number of rotatable bonds is 4. The quantitative estimate of drug-likeness (QED) is 0.868. The molecule has 6 nitrogen and oxygen atoms in total. The molecule has 1 N–H and O–H groups in total. The summed E-state index contributed by atoms with van der Waals surface area (Å²) in [6.45, 7) is 5.14. The maximum absolute atomic E-state index is 12.6. The third-order valence-electron chi connectivity index (χ3n) is 4.27. The highest BCUT2D eigenvalue weighted by Gasteiger charge is 2.36. The third-order valence-corrected chi connectivity index (χ3v) is 7.02. The number of hydrogen-bond donors (Lipinski definition) is 1. The van der Waals surface area contributed by atoms with Crippen LogP contribution in [0.15, 0.2) is 20.0 Å². The van der Waals surface area contributed by atoms with Gasteiger partial charge in [0.25, 0.3) is 0 Å². The molecule has 21 heavy (non-hydrogen) atoms. The van der Waals surface area contributed by atoms with Crippen LogP contribution in [0.3, 0.4) is 0 Å². The predicted octanol–water partition coefficient (Wildman–Crippen LogP) is 2.94. The van der Waals surface area contributed by atoms with E-state index in [0.717, 1.165) is 25.3 Å². The molecule has 1 aliphatic rings. The molecular weight excluding hydrogens is 362 g/mol. The lowest BCUT2D eigenvalue weighted by Gasteiger charge is -2.38. The summed E-state index contributed by atoms with van der Waals surface area (Å²) in [5, 5.41) is 8.88. The molecule has 0 spiro atoms. The smallest absolute Gasteiger partial charge is 0.371 e. The average molecular weight is 380 g/mol. The molecule has 1 aliphatic heterocycles. The zero-order chi connectivity index (χ0) is 15.8. The van der Waals surface area contributed by atoms with Crippen LogP contribution in [0.25, 0.3) is 0 Å². The Balaban J connectivity index is 2.26. The van der Waals surface area contributed by atoms with Gasteiger partial charge in [0.15, 0.2) is 4.67 Å². The summed E-state index contributed by atoms with van der Waals surface area (Å²) < 4.78 is 31.4. The van der Waals surface area contributed by atoms with Crippen molar-refractivity contribution in [1.29, 1.82) is 0 Å². The zero-order valence-corrected chi connectivity index (χ0v) is 14.3. The second-order valence-corrected chi connectivity index (χ2v) is 8.25. The number of carboxylic acids is 1. The van der Waals surface area contributed by atoms with Gasteiger partial charge in [-0.1, -0.05) is 20.3 Å². The van der Waals surface area contributed by atoms with E-state index in [1.54, 1.807) is 0 Å². The van der Waals surface area contributed by atoms with Crippen molar-refractivity contribution in [2.75, 3.05) is 13.1 Å². The van der Waals surface area contributed by atoms with Crippen molar-refractivity contribution in [2.45, 2.75) is 38.0 Å². The summed E-state index contributed by atoms with van der Waals surface area (Å²) >= 11 is 2.99. The fourth-order valence-corrected chi connectivity index (χ4v) is 4.74. The minimum atomic E-state index is -3.73. The molecule has 0 unspecified atom stereocenters. The van der Waals surface area contributed by atoms with Gasteiger partial charge in [0.2, 0.25) is 15.8 Å². The van der Waals surface area contributed by atoms with Crippen molar-refractivity contribution in [1.82, 2.24) is 4.31 Å². The van der Waals surface area contributed by atoms with E-state index in [2.05, 4.69) is 29.8 Å². The molecule has 2 rings (SSSR count). The van der Waals surface area contributed by atoms with E-state index in [1.807, 2.05) is 0 Å². The normalized spacial score (nSPS) is 19.6. The van der Waals surface area contributed by atoms with Crippen LogP contribution < -0.4 is 0 Å². The fraction of sp³-hybridized carbons (Fsp3) is 0.615. The summed E-state index contributed by atoms with van der Waals surface area (Å²) in [5.41, 5.74) is 0.172. The molecule has 0 atom stereocenters. The lowest BCUT2D eigenvalue weighted by atomic mass is 9.79. The molecule has 0 amide bonds. The van der Waals surface area contributed by atoms with Crippen molar-refractivity contribution >= 4 is 31.9 Å². The topological polar surface area (TPSA) is 87.8 Å². The molecule has 0 aromatic carbocycles. The molecule has 1 aromatic heterocycles. The molecule has 1 fully saturated rings. The van der Waals surface area contributed by atoms with E-state index in [9.17, 15) is 13.2 Å². The molecule has 1 aromatic rings. The molecule has 0 radical (unpaired) electrons. The molecule has 2 heterocycles. The standard InChI is InChI=1S/C13H18BrNO5S/c1-3-13(2)4-6-15(7-5-13)21(18,19)10-8-9(12(16)17)20-11(10)14/h8H,3-7H2,1-2H3,(H,16,17). The highest BCUT2D eigenvalue weighted by atomic mass is 79.9. The number of furan rings is 1. The number of piperidine rings is 1. The van der Waals surface area contributed by atoms with Crippen LogP contribution in [0.4, 0.5) is 0 Å². The second kappa shape index (κ2) is 5.73. The SMILES string of the molecule is CCC1(C)CCN(S(=O)(=O)c2cc(C(=O)O)oc2Br)CC1. The molecule has 118 valence electrons. The summed E-state index contributed by atoms with van der Waals surface area (Å²) in [6.07, 6.45) is 2.60. The molecule has 8 heteroatoms. The van der Waals surface area contributed by atoms with Crippen molar-refractivity contribution in [3.8, 4) is 0 Å². The first kappa shape index (κ1) is 16.5. The molecule has 1 saturated heterocycles. The van der Waals surface area contributed by atoms with E-state index < -0.39 is 21.8 Å². The summed E-state index contributed by atoms with van der Waals surface area (Å²) in [5.74, 6) is -1.69. The Kier molecular flexibility index (Phi) is 4.51. The highest BCUT2D eigenvalue weighted by Crippen LogP contribution is 2.37. The van der Waals surface area contributed by atoms with Crippen LogP contribution >= 0.6 is 15.9 Å². The lowest BCUT2D eigenvalue weighted by Crippen LogP contribution is -2.41. The number of nitrogens with zero attached hydrogens (tertiary/aromatic N) is 1. The van der Waals surface area contributed by atoms with Crippen LogP contribution in [0.1, 0.15) is 43.7 Å². The molecule has 0 saturated carbocycles. The van der Waals surface area contributed by atoms with Crippen LogP contribution in [0, 0.1) is 5.41 Å². The van der Waals surface area contributed by atoms with E-state index in [4.69, 9.17) is 9.52 Å². The number of aromatic carboxylic acids is 1. The van der Waals surface area contributed by atoms with Crippen molar-refractivity contribution < 1.29 is 22.7 Å². The van der Waals surface area contributed by atoms with E-state index in [-0.39, 0.29) is 15.0 Å². The van der Waals surface area contributed by atoms with Gasteiger partial charge in [-0.15, -0.1) is 0 Å². The van der Waals surface area contributed by atoms with E-state index in [0.29, 0.717) is 13.1 Å². The molecule has 0 aliphatic carbocycles. The second-order valence-electron chi connectivity index (χ2n) is 5.62. The maximum Gasteiger partial charge on any atom is 0.371 e. The van der Waals surface area contributed by atoms with Crippen molar-refractivity contribution in [3.05, 3.63) is 16.5 Å². The number of carbonyl (C=O) groups is 1. The van der Waals surface area contributed by atoms with Gasteiger partial charge in [0.05, 0.1) is 0 Å². The first-order chi connectivity index (χ1) is 9.69. The first-order valence-electron chi connectivity index (χ1n) is 6.72.